The average molecular weight is 766 g/mol. The minimum Gasteiger partial charge on any atom is -0.497 e. The van der Waals surface area contributed by atoms with Crippen molar-refractivity contribution in [3.8, 4) is 17.0 Å². The van der Waals surface area contributed by atoms with Gasteiger partial charge in [-0.25, -0.2) is 13.1 Å². The molecule has 0 radical (unpaired) electrons. The Morgan fingerprint density at radius 1 is 1.07 bits per heavy atom. The highest BCUT2D eigenvalue weighted by Gasteiger charge is 2.43. The third-order valence-electron chi connectivity index (χ3n) is 11.3. The maximum atomic E-state index is 14.2. The molecule has 1 N–H and O–H groups in total. The van der Waals surface area contributed by atoms with Crippen molar-refractivity contribution in [3.63, 3.8) is 0 Å². The lowest BCUT2D eigenvalue weighted by molar-refractivity contribution is -0.142. The van der Waals surface area contributed by atoms with Gasteiger partial charge >= 0.3 is 6.18 Å². The minimum atomic E-state index is -4.63. The molecule has 2 aromatic heterocycles. The normalized spacial score (nSPS) is 20.2. The molecule has 8 rings (SSSR count). The van der Waals surface area contributed by atoms with Crippen molar-refractivity contribution < 1.29 is 40.7 Å². The molecule has 2 atom stereocenters. The third-order valence-corrected chi connectivity index (χ3v) is 13.0. The van der Waals surface area contributed by atoms with Crippen molar-refractivity contribution >= 4 is 44.4 Å². The number of rotatable bonds is 8. The van der Waals surface area contributed by atoms with Gasteiger partial charge in [-0.2, -0.15) is 18.3 Å². The van der Waals surface area contributed by atoms with Crippen LogP contribution < -0.4 is 9.46 Å². The minimum absolute atomic E-state index is 0.0317. The summed E-state index contributed by atoms with van der Waals surface area (Å²) >= 11 is 0. The molecule has 11 nitrogen and oxygen atoms in total. The lowest BCUT2D eigenvalue weighted by Gasteiger charge is -2.27. The van der Waals surface area contributed by atoms with Crippen LogP contribution in [0.4, 0.5) is 13.2 Å². The number of benzene rings is 2. The number of alkyl halides is 3. The molecule has 54 heavy (non-hydrogen) atoms. The number of sulfonamides is 1. The highest BCUT2D eigenvalue weighted by atomic mass is 32.2. The van der Waals surface area contributed by atoms with Gasteiger partial charge in [0.15, 0.2) is 0 Å². The van der Waals surface area contributed by atoms with Crippen LogP contribution in [-0.2, 0) is 27.8 Å². The van der Waals surface area contributed by atoms with E-state index < -0.39 is 39.8 Å². The number of ether oxygens (including phenoxy) is 2. The van der Waals surface area contributed by atoms with Gasteiger partial charge in [-0.05, 0) is 92.1 Å². The van der Waals surface area contributed by atoms with E-state index in [1.54, 1.807) is 24.1 Å². The summed E-state index contributed by atoms with van der Waals surface area (Å²) in [5.41, 5.74) is 4.72. The molecule has 5 heterocycles. The number of carbonyl (C=O) groups excluding carboxylic acids is 2. The van der Waals surface area contributed by atoms with E-state index in [1.165, 1.54) is 20.0 Å². The van der Waals surface area contributed by atoms with Crippen LogP contribution in [-0.4, -0.2) is 83.3 Å². The second-order valence-electron chi connectivity index (χ2n) is 15.0. The van der Waals surface area contributed by atoms with Crippen LogP contribution in [0, 0.1) is 0 Å². The fraction of sp³-hybridized carbons (Fsp3) is 0.462. The van der Waals surface area contributed by atoms with Crippen molar-refractivity contribution in [1.82, 2.24) is 24.0 Å². The molecule has 3 aliphatic heterocycles. The molecule has 2 saturated heterocycles. The van der Waals surface area contributed by atoms with Crippen LogP contribution >= 0.6 is 0 Å². The van der Waals surface area contributed by atoms with Gasteiger partial charge in [0, 0.05) is 28.6 Å². The van der Waals surface area contributed by atoms with E-state index in [0.29, 0.717) is 42.0 Å². The largest absolute Gasteiger partial charge is 0.497 e. The fourth-order valence-corrected chi connectivity index (χ4v) is 9.22. The Balaban J connectivity index is 1.36. The molecule has 1 aliphatic carbocycles. The first-order valence-corrected chi connectivity index (χ1v) is 19.9. The van der Waals surface area contributed by atoms with Crippen molar-refractivity contribution in [1.29, 1.82) is 0 Å². The topological polar surface area (TPSA) is 125 Å². The van der Waals surface area contributed by atoms with Gasteiger partial charge in [0.1, 0.15) is 12.3 Å². The standard InChI is InChI=1S/C39H42F3N5O6S/c1-22(2)54(50,51)44-37(48)24-9-11-31-33(15-24)46-18-26(13-25-14-28(52-3)10-12-30(25)36(46)34(31)23-7-5-4-6-8-23)35-32(17-43-47(35)21-39(40,41)42)38(49)45-19-29-16-27(45)20-53-29/h9-15,17,22-23,27,29H,4-8,16,18-21H2,1-3H3,(H,44,48)/t27-,29-/m1/s1. The van der Waals surface area contributed by atoms with E-state index in [9.17, 15) is 31.2 Å². The maximum absolute atomic E-state index is 14.2. The van der Waals surface area contributed by atoms with Gasteiger partial charge in [-0.15, -0.1) is 0 Å². The number of hydrogen-bond acceptors (Lipinski definition) is 7. The number of carbonyl (C=O) groups is 2. The molecule has 286 valence electrons. The summed E-state index contributed by atoms with van der Waals surface area (Å²) in [6.45, 7) is 2.30. The molecule has 3 fully saturated rings. The molecule has 0 spiro atoms. The fourth-order valence-electron chi connectivity index (χ4n) is 8.61. The zero-order chi connectivity index (χ0) is 38.1. The average Bonchev–Trinajstić information content (AvgIpc) is 3.92. The first kappa shape index (κ1) is 36.4. The van der Waals surface area contributed by atoms with Crippen LogP contribution in [0.5, 0.6) is 5.75 Å². The van der Waals surface area contributed by atoms with Crippen LogP contribution in [0.25, 0.3) is 33.8 Å². The summed E-state index contributed by atoms with van der Waals surface area (Å²) in [5, 5.41) is 4.20. The zero-order valence-corrected chi connectivity index (χ0v) is 31.1. The Morgan fingerprint density at radius 3 is 2.52 bits per heavy atom. The van der Waals surface area contributed by atoms with E-state index in [4.69, 9.17) is 9.47 Å². The van der Waals surface area contributed by atoms with E-state index in [2.05, 4.69) is 9.82 Å². The second kappa shape index (κ2) is 13.6. The first-order chi connectivity index (χ1) is 25.7. The van der Waals surface area contributed by atoms with E-state index in [-0.39, 0.29) is 41.4 Å². The van der Waals surface area contributed by atoms with Crippen molar-refractivity contribution in [3.05, 3.63) is 70.5 Å². The number of amides is 2. The molecule has 4 aliphatic rings. The Labute approximate surface area is 311 Å². The zero-order valence-electron chi connectivity index (χ0n) is 30.3. The number of likely N-dealkylation sites (tertiary alicyclic amines) is 1. The lowest BCUT2D eigenvalue weighted by atomic mass is 9.81. The molecular formula is C39H42F3N5O6S. The molecular weight excluding hydrogens is 724 g/mol. The van der Waals surface area contributed by atoms with Crippen LogP contribution in [0.2, 0.25) is 0 Å². The van der Waals surface area contributed by atoms with Crippen molar-refractivity contribution in [2.75, 3.05) is 20.3 Å². The van der Waals surface area contributed by atoms with Gasteiger partial charge in [-0.3, -0.25) is 14.3 Å². The van der Waals surface area contributed by atoms with Gasteiger partial charge in [0.25, 0.3) is 11.8 Å². The number of fused-ring (bicyclic) bond motifs is 7. The highest BCUT2D eigenvalue weighted by molar-refractivity contribution is 7.90. The smallest absolute Gasteiger partial charge is 0.408 e. The molecule has 2 bridgehead atoms. The summed E-state index contributed by atoms with van der Waals surface area (Å²) in [6.07, 6.45) is 4.03. The van der Waals surface area contributed by atoms with E-state index in [1.807, 2.05) is 34.9 Å². The third kappa shape index (κ3) is 6.48. The second-order valence-corrected chi connectivity index (χ2v) is 17.3. The van der Waals surface area contributed by atoms with Crippen molar-refractivity contribution in [2.45, 2.75) is 95.0 Å². The summed E-state index contributed by atoms with van der Waals surface area (Å²) in [7, 11) is -2.39. The number of hydrogen-bond donors (Lipinski definition) is 1. The summed E-state index contributed by atoms with van der Waals surface area (Å²) < 4.78 is 84.3. The number of allylic oxidation sites excluding steroid dienone is 1. The SMILES string of the molecule is COc1ccc2c(c1)C=C(c1c(C(=O)N3C[C@H]4C[C@@H]3CO4)cnn1CC(F)(F)F)Cn1c-2c(C2CCCCC2)c2ccc(C(=O)NS(=O)(=O)C(C)C)cc21. The van der Waals surface area contributed by atoms with Gasteiger partial charge in [0.05, 0.1) is 60.8 Å². The number of nitrogens with zero attached hydrogens (tertiary/aromatic N) is 4. The number of morpholine rings is 1. The molecule has 2 amide bonds. The monoisotopic (exact) mass is 765 g/mol. The van der Waals surface area contributed by atoms with E-state index in [0.717, 1.165) is 59.0 Å². The molecule has 2 aromatic carbocycles. The first-order valence-electron chi connectivity index (χ1n) is 18.4. The predicted molar refractivity (Wildman–Crippen MR) is 197 cm³/mol. The molecule has 1 saturated carbocycles. The highest BCUT2D eigenvalue weighted by Crippen LogP contribution is 2.48. The Morgan fingerprint density at radius 2 is 1.85 bits per heavy atom. The Bertz CT molecular complexity index is 2300. The molecule has 4 aromatic rings. The summed E-state index contributed by atoms with van der Waals surface area (Å²) in [4.78, 5) is 29.4. The van der Waals surface area contributed by atoms with Crippen LogP contribution in [0.3, 0.4) is 0 Å². The van der Waals surface area contributed by atoms with Crippen LogP contribution in [0.1, 0.15) is 95.8 Å². The van der Waals surface area contributed by atoms with Gasteiger partial charge < -0.3 is 18.9 Å². The van der Waals surface area contributed by atoms with Crippen molar-refractivity contribution in [2.24, 2.45) is 0 Å². The van der Waals surface area contributed by atoms with Gasteiger partial charge in [0.2, 0.25) is 10.0 Å². The summed E-state index contributed by atoms with van der Waals surface area (Å²) in [5.74, 6) is -0.478. The number of nitrogens with one attached hydrogen (secondary N) is 1. The Hall–Kier alpha value is -4.63. The lowest BCUT2D eigenvalue weighted by Crippen LogP contribution is -2.41. The molecule has 15 heteroatoms. The quantitative estimate of drug-likeness (QED) is 0.210. The van der Waals surface area contributed by atoms with Gasteiger partial charge in [-0.1, -0.05) is 25.3 Å². The number of methoxy groups -OCH3 is 1. The molecule has 0 unspecified atom stereocenters. The van der Waals surface area contributed by atoms with Crippen LogP contribution in [0.15, 0.2) is 42.6 Å². The summed E-state index contributed by atoms with van der Waals surface area (Å²) in [6, 6.07) is 10.6. The number of halogens is 3. The van der Waals surface area contributed by atoms with E-state index >= 15 is 0 Å². The Kier molecular flexibility index (Phi) is 9.15. The maximum Gasteiger partial charge on any atom is 0.408 e. The number of aromatic nitrogens is 3. The predicted octanol–water partition coefficient (Wildman–Crippen LogP) is 6.76.